The zero-order chi connectivity index (χ0) is 38.4. The van der Waals surface area contributed by atoms with Gasteiger partial charge in [-0.3, -0.25) is 0 Å². The van der Waals surface area contributed by atoms with E-state index < -0.39 is 0 Å². The molecule has 0 aliphatic heterocycles. The van der Waals surface area contributed by atoms with Gasteiger partial charge in [-0.1, -0.05) is 170 Å². The number of hydrogen-bond donors (Lipinski definition) is 0. The largest absolute Gasteiger partial charge is 0.311 e. The van der Waals surface area contributed by atoms with Crippen molar-refractivity contribution >= 4 is 60.4 Å². The summed E-state index contributed by atoms with van der Waals surface area (Å²) in [5.74, 6) is 0. The van der Waals surface area contributed by atoms with E-state index in [1.54, 1.807) is 0 Å². The molecule has 0 radical (unpaired) electrons. The summed E-state index contributed by atoms with van der Waals surface area (Å²) >= 11 is 0. The molecular weight excluding hydrogens is 701 g/mol. The molecule has 2 heteroatoms. The van der Waals surface area contributed by atoms with Gasteiger partial charge in [-0.15, -0.1) is 0 Å². The van der Waals surface area contributed by atoms with Crippen molar-refractivity contribution in [2.75, 3.05) is 4.90 Å². The molecule has 0 bridgehead atoms. The maximum Gasteiger partial charge on any atom is 0.0547 e. The molecule has 0 saturated heterocycles. The van der Waals surface area contributed by atoms with Gasteiger partial charge in [0.05, 0.1) is 16.7 Å². The second-order valence-corrected chi connectivity index (χ2v) is 14.9. The van der Waals surface area contributed by atoms with Crippen molar-refractivity contribution in [2.24, 2.45) is 0 Å². The van der Waals surface area contributed by atoms with E-state index in [2.05, 4.69) is 240 Å². The van der Waals surface area contributed by atoms with E-state index in [0.29, 0.717) is 0 Å². The second-order valence-electron chi connectivity index (χ2n) is 14.9. The molecule has 0 aliphatic carbocycles. The van der Waals surface area contributed by atoms with Crippen LogP contribution in [0.2, 0.25) is 0 Å². The fourth-order valence-corrected chi connectivity index (χ4v) is 8.94. The third kappa shape index (κ3) is 5.66. The summed E-state index contributed by atoms with van der Waals surface area (Å²) in [5, 5.41) is 7.58. The third-order valence-corrected chi connectivity index (χ3v) is 11.6. The van der Waals surface area contributed by atoms with E-state index in [1.807, 2.05) is 0 Å². The smallest absolute Gasteiger partial charge is 0.0547 e. The van der Waals surface area contributed by atoms with Crippen LogP contribution in [0.25, 0.3) is 82.4 Å². The Hall–Kier alpha value is -7.68. The zero-order valence-electron chi connectivity index (χ0n) is 31.8. The summed E-state index contributed by atoms with van der Waals surface area (Å²) in [6.07, 6.45) is 0. The van der Waals surface area contributed by atoms with Crippen LogP contribution in [0, 0.1) is 0 Å². The number of rotatable bonds is 7. The molecule has 0 aliphatic rings. The molecule has 0 fully saturated rings. The van der Waals surface area contributed by atoms with Gasteiger partial charge < -0.3 is 9.47 Å². The first-order valence-electron chi connectivity index (χ1n) is 19.9. The van der Waals surface area contributed by atoms with Gasteiger partial charge in [-0.2, -0.15) is 0 Å². The van der Waals surface area contributed by atoms with Gasteiger partial charge in [0, 0.05) is 33.4 Å². The van der Waals surface area contributed by atoms with Crippen molar-refractivity contribution in [1.29, 1.82) is 0 Å². The topological polar surface area (TPSA) is 8.17 Å². The standard InChI is InChI=1S/C56H38N2/c1-3-16-39(17-4-1)40-30-34-44(35-31-40)57(43-19-5-2-6-20-43)45-36-32-41(33-37-45)47-22-11-13-27-53(47)58-54-28-14-12-25-51(54)56-50(26-15-29-55(56)58)52-38-42-18-7-8-21-46(42)48-23-9-10-24-49(48)52/h1-38H. The molecule has 0 saturated carbocycles. The van der Waals surface area contributed by atoms with Crippen LogP contribution in [-0.4, -0.2) is 4.57 Å². The fraction of sp³-hybridized carbons (Fsp3) is 0. The van der Waals surface area contributed by atoms with Gasteiger partial charge in [0.15, 0.2) is 0 Å². The van der Waals surface area contributed by atoms with Gasteiger partial charge in [0.1, 0.15) is 0 Å². The van der Waals surface area contributed by atoms with E-state index in [1.165, 1.54) is 71.2 Å². The molecule has 0 N–H and O–H groups in total. The number of anilines is 3. The Bertz CT molecular complexity index is 3250. The summed E-state index contributed by atoms with van der Waals surface area (Å²) in [6.45, 7) is 0. The number of para-hydroxylation sites is 3. The first kappa shape index (κ1) is 33.6. The number of fused-ring (bicyclic) bond motifs is 6. The van der Waals surface area contributed by atoms with E-state index in [4.69, 9.17) is 0 Å². The number of nitrogens with zero attached hydrogens (tertiary/aromatic N) is 2. The summed E-state index contributed by atoms with van der Waals surface area (Å²) in [5.41, 5.74) is 14.1. The molecule has 58 heavy (non-hydrogen) atoms. The Kier molecular flexibility index (Phi) is 8.19. The molecule has 0 amide bonds. The Balaban J connectivity index is 1.04. The Morgan fingerprint density at radius 1 is 0.293 bits per heavy atom. The summed E-state index contributed by atoms with van der Waals surface area (Å²) < 4.78 is 2.46. The number of aromatic nitrogens is 1. The van der Waals surface area contributed by atoms with Crippen molar-refractivity contribution in [3.63, 3.8) is 0 Å². The molecule has 0 atom stereocenters. The molecular formula is C56H38N2. The normalized spacial score (nSPS) is 11.4. The second kappa shape index (κ2) is 14.1. The average molecular weight is 739 g/mol. The van der Waals surface area contributed by atoms with Crippen LogP contribution in [-0.2, 0) is 0 Å². The van der Waals surface area contributed by atoms with Crippen LogP contribution >= 0.6 is 0 Å². The minimum Gasteiger partial charge on any atom is -0.311 e. The average Bonchev–Trinajstić information content (AvgIpc) is 3.64. The van der Waals surface area contributed by atoms with E-state index >= 15 is 0 Å². The SMILES string of the molecule is c1ccc(-c2ccc(N(c3ccccc3)c3ccc(-c4ccccc4-n4c5ccccc5c5c(-c6cc7ccccc7c7ccccc67)cccc54)cc3)cc2)cc1. The van der Waals surface area contributed by atoms with Crippen LogP contribution in [0.15, 0.2) is 231 Å². The molecule has 2 nitrogen and oxygen atoms in total. The predicted molar refractivity (Wildman–Crippen MR) is 247 cm³/mol. The molecule has 1 heterocycles. The van der Waals surface area contributed by atoms with Crippen molar-refractivity contribution in [3.05, 3.63) is 231 Å². The van der Waals surface area contributed by atoms with Crippen molar-refractivity contribution in [2.45, 2.75) is 0 Å². The molecule has 0 unspecified atom stereocenters. The highest BCUT2D eigenvalue weighted by atomic mass is 15.1. The first-order chi connectivity index (χ1) is 28.8. The Labute approximate surface area is 338 Å². The minimum atomic E-state index is 1.10. The summed E-state index contributed by atoms with van der Waals surface area (Å²) in [6, 6.07) is 83.5. The number of hydrogen-bond acceptors (Lipinski definition) is 1. The van der Waals surface area contributed by atoms with Gasteiger partial charge in [0.25, 0.3) is 0 Å². The maximum absolute atomic E-state index is 2.46. The summed E-state index contributed by atoms with van der Waals surface area (Å²) in [7, 11) is 0. The highest BCUT2D eigenvalue weighted by molar-refractivity contribution is 6.21. The molecule has 272 valence electrons. The quantitative estimate of drug-likeness (QED) is 0.148. The van der Waals surface area contributed by atoms with Gasteiger partial charge >= 0.3 is 0 Å². The van der Waals surface area contributed by atoms with E-state index in [0.717, 1.165) is 28.3 Å². The monoisotopic (exact) mass is 738 g/mol. The lowest BCUT2D eigenvalue weighted by atomic mass is 9.91. The third-order valence-electron chi connectivity index (χ3n) is 11.6. The van der Waals surface area contributed by atoms with E-state index in [-0.39, 0.29) is 0 Å². The molecule has 1 aromatic heterocycles. The molecule has 11 aromatic rings. The first-order valence-corrected chi connectivity index (χ1v) is 19.9. The van der Waals surface area contributed by atoms with Crippen LogP contribution in [0.5, 0.6) is 0 Å². The Morgan fingerprint density at radius 3 is 1.57 bits per heavy atom. The lowest BCUT2D eigenvalue weighted by Crippen LogP contribution is -2.09. The van der Waals surface area contributed by atoms with Crippen LogP contribution in [0.4, 0.5) is 17.1 Å². The minimum absolute atomic E-state index is 1.10. The van der Waals surface area contributed by atoms with Crippen LogP contribution in [0.3, 0.4) is 0 Å². The highest BCUT2D eigenvalue weighted by Gasteiger charge is 2.20. The molecule has 0 spiro atoms. The van der Waals surface area contributed by atoms with Crippen LogP contribution < -0.4 is 4.90 Å². The van der Waals surface area contributed by atoms with Crippen LogP contribution in [0.1, 0.15) is 0 Å². The van der Waals surface area contributed by atoms with E-state index in [9.17, 15) is 0 Å². The Morgan fingerprint density at radius 2 is 0.810 bits per heavy atom. The molecule has 11 rings (SSSR count). The summed E-state index contributed by atoms with van der Waals surface area (Å²) in [4.78, 5) is 2.33. The van der Waals surface area contributed by atoms with Gasteiger partial charge in [-0.25, -0.2) is 0 Å². The van der Waals surface area contributed by atoms with Crippen molar-refractivity contribution in [3.8, 4) is 39.1 Å². The van der Waals surface area contributed by atoms with Gasteiger partial charge in [0.2, 0.25) is 0 Å². The lowest BCUT2D eigenvalue weighted by Gasteiger charge is -2.26. The van der Waals surface area contributed by atoms with Crippen molar-refractivity contribution < 1.29 is 0 Å². The van der Waals surface area contributed by atoms with Crippen molar-refractivity contribution in [1.82, 2.24) is 4.57 Å². The predicted octanol–water partition coefficient (Wildman–Crippen LogP) is 15.6. The number of benzene rings is 10. The fourth-order valence-electron chi connectivity index (χ4n) is 8.94. The zero-order valence-corrected chi connectivity index (χ0v) is 31.8. The molecule has 10 aromatic carbocycles. The maximum atomic E-state index is 2.46. The van der Waals surface area contributed by atoms with Gasteiger partial charge in [-0.05, 0) is 110 Å². The lowest BCUT2D eigenvalue weighted by molar-refractivity contribution is 1.18. The highest BCUT2D eigenvalue weighted by Crippen LogP contribution is 2.44.